The van der Waals surface area contributed by atoms with Crippen LogP contribution in [-0.4, -0.2) is 5.91 Å². The van der Waals surface area contributed by atoms with Crippen LogP contribution in [0.1, 0.15) is 18.4 Å². The standard InChI is InChI=1S/C13H15NO/c1-3-4-5-6-13(15)14-12-9-7-11(2)8-10-12/h4,7-10H,1,5-6H2,2H3,(H,14,15). The summed E-state index contributed by atoms with van der Waals surface area (Å²) in [5.41, 5.74) is 4.66. The third-order valence-electron chi connectivity index (χ3n) is 2.00. The van der Waals surface area contributed by atoms with Gasteiger partial charge in [0.1, 0.15) is 0 Å². The van der Waals surface area contributed by atoms with Crippen molar-refractivity contribution in [3.8, 4) is 0 Å². The van der Waals surface area contributed by atoms with Crippen LogP contribution in [0, 0.1) is 6.92 Å². The lowest BCUT2D eigenvalue weighted by Crippen LogP contribution is -2.10. The van der Waals surface area contributed by atoms with Gasteiger partial charge < -0.3 is 5.32 Å². The largest absolute Gasteiger partial charge is 0.326 e. The number of rotatable bonds is 4. The zero-order valence-corrected chi connectivity index (χ0v) is 8.92. The van der Waals surface area contributed by atoms with E-state index in [0.29, 0.717) is 12.8 Å². The van der Waals surface area contributed by atoms with Crippen molar-refractivity contribution < 1.29 is 4.79 Å². The Kier molecular flexibility index (Phi) is 4.39. The molecule has 0 atom stereocenters. The molecule has 1 aromatic carbocycles. The van der Waals surface area contributed by atoms with Crippen molar-refractivity contribution >= 4 is 11.6 Å². The van der Waals surface area contributed by atoms with Gasteiger partial charge in [-0.2, -0.15) is 0 Å². The maximum Gasteiger partial charge on any atom is 0.224 e. The van der Waals surface area contributed by atoms with Crippen LogP contribution >= 0.6 is 0 Å². The Morgan fingerprint density at radius 3 is 2.73 bits per heavy atom. The molecule has 0 aliphatic rings. The summed E-state index contributed by atoms with van der Waals surface area (Å²) >= 11 is 0. The highest BCUT2D eigenvalue weighted by molar-refractivity contribution is 5.90. The molecule has 78 valence electrons. The van der Waals surface area contributed by atoms with Crippen LogP contribution < -0.4 is 5.32 Å². The number of carbonyl (C=O) groups is 1. The first-order chi connectivity index (χ1) is 7.22. The molecule has 1 rings (SSSR count). The molecule has 0 radical (unpaired) electrons. The number of amides is 1. The number of anilines is 1. The second-order valence-electron chi connectivity index (χ2n) is 3.36. The average Bonchev–Trinajstić information content (AvgIpc) is 2.22. The highest BCUT2D eigenvalue weighted by atomic mass is 16.1. The van der Waals surface area contributed by atoms with Gasteiger partial charge in [0, 0.05) is 12.1 Å². The fourth-order valence-corrected chi connectivity index (χ4v) is 1.17. The van der Waals surface area contributed by atoms with E-state index >= 15 is 0 Å². The number of hydrogen-bond donors (Lipinski definition) is 1. The Hall–Kier alpha value is -1.79. The molecule has 0 saturated heterocycles. The molecular weight excluding hydrogens is 186 g/mol. The van der Waals surface area contributed by atoms with Gasteiger partial charge in [-0.1, -0.05) is 24.3 Å². The van der Waals surface area contributed by atoms with Crippen molar-refractivity contribution in [1.29, 1.82) is 0 Å². The van der Waals surface area contributed by atoms with Crippen LogP contribution in [0.15, 0.2) is 42.7 Å². The van der Waals surface area contributed by atoms with E-state index in [2.05, 4.69) is 17.6 Å². The highest BCUT2D eigenvalue weighted by Crippen LogP contribution is 2.09. The van der Waals surface area contributed by atoms with Crippen molar-refractivity contribution in [2.75, 3.05) is 5.32 Å². The summed E-state index contributed by atoms with van der Waals surface area (Å²) in [6.45, 7) is 5.45. The zero-order chi connectivity index (χ0) is 11.1. The summed E-state index contributed by atoms with van der Waals surface area (Å²) in [5.74, 6) is 0.0188. The quantitative estimate of drug-likeness (QED) is 0.745. The molecule has 2 nitrogen and oxygen atoms in total. The second-order valence-corrected chi connectivity index (χ2v) is 3.36. The number of allylic oxidation sites excluding steroid dienone is 1. The van der Waals surface area contributed by atoms with E-state index < -0.39 is 0 Å². The topological polar surface area (TPSA) is 29.1 Å². The highest BCUT2D eigenvalue weighted by Gasteiger charge is 1.99. The summed E-state index contributed by atoms with van der Waals surface area (Å²) in [7, 11) is 0. The van der Waals surface area contributed by atoms with Crippen LogP contribution in [0.2, 0.25) is 0 Å². The van der Waals surface area contributed by atoms with Gasteiger partial charge >= 0.3 is 0 Å². The molecule has 0 spiro atoms. The molecule has 0 saturated carbocycles. The van der Waals surface area contributed by atoms with Gasteiger partial charge in [0.05, 0.1) is 0 Å². The molecular formula is C13H15NO. The van der Waals surface area contributed by atoms with Crippen LogP contribution in [-0.2, 0) is 4.79 Å². The van der Waals surface area contributed by atoms with E-state index in [-0.39, 0.29) is 5.91 Å². The molecule has 0 aliphatic heterocycles. The predicted molar refractivity (Wildman–Crippen MR) is 62.8 cm³/mol. The van der Waals surface area contributed by atoms with E-state index in [0.717, 1.165) is 5.69 Å². The predicted octanol–water partition coefficient (Wildman–Crippen LogP) is 3.05. The maximum atomic E-state index is 11.4. The zero-order valence-electron chi connectivity index (χ0n) is 8.92. The molecule has 0 fully saturated rings. The molecule has 0 unspecified atom stereocenters. The number of benzene rings is 1. The fourth-order valence-electron chi connectivity index (χ4n) is 1.17. The number of aryl methyl sites for hydroxylation is 1. The summed E-state index contributed by atoms with van der Waals surface area (Å²) in [6.07, 6.45) is 2.91. The maximum absolute atomic E-state index is 11.4. The van der Waals surface area contributed by atoms with Crippen LogP contribution in [0.25, 0.3) is 0 Å². The van der Waals surface area contributed by atoms with E-state index in [4.69, 9.17) is 0 Å². The third kappa shape index (κ3) is 4.30. The summed E-state index contributed by atoms with van der Waals surface area (Å²) in [5, 5.41) is 2.82. The SMILES string of the molecule is C=C=CCCC(=O)Nc1ccc(C)cc1. The number of nitrogens with one attached hydrogen (secondary N) is 1. The molecule has 0 aliphatic carbocycles. The van der Waals surface area contributed by atoms with Crippen LogP contribution in [0.5, 0.6) is 0 Å². The van der Waals surface area contributed by atoms with Gasteiger partial charge in [-0.15, -0.1) is 5.73 Å². The van der Waals surface area contributed by atoms with Crippen LogP contribution in [0.3, 0.4) is 0 Å². The fraction of sp³-hybridized carbons (Fsp3) is 0.231. The van der Waals surface area contributed by atoms with Crippen molar-refractivity contribution in [1.82, 2.24) is 0 Å². The van der Waals surface area contributed by atoms with E-state index in [9.17, 15) is 4.79 Å². The third-order valence-corrected chi connectivity index (χ3v) is 2.00. The van der Waals surface area contributed by atoms with Gasteiger partial charge in [0.2, 0.25) is 5.91 Å². The van der Waals surface area contributed by atoms with Crippen molar-refractivity contribution in [3.63, 3.8) is 0 Å². The number of hydrogen-bond acceptors (Lipinski definition) is 1. The monoisotopic (exact) mass is 201 g/mol. The minimum Gasteiger partial charge on any atom is -0.326 e. The van der Waals surface area contributed by atoms with E-state index in [1.165, 1.54) is 5.56 Å². The summed E-state index contributed by atoms with van der Waals surface area (Å²) < 4.78 is 0. The minimum absolute atomic E-state index is 0.0188. The first kappa shape index (κ1) is 11.3. The van der Waals surface area contributed by atoms with Crippen molar-refractivity contribution in [2.45, 2.75) is 19.8 Å². The molecule has 0 bridgehead atoms. The smallest absolute Gasteiger partial charge is 0.224 e. The van der Waals surface area contributed by atoms with Gasteiger partial charge in [0.15, 0.2) is 0 Å². The number of carbonyl (C=O) groups excluding carboxylic acids is 1. The Morgan fingerprint density at radius 1 is 1.47 bits per heavy atom. The molecule has 0 heterocycles. The van der Waals surface area contributed by atoms with E-state index in [1.807, 2.05) is 31.2 Å². The van der Waals surface area contributed by atoms with Gasteiger partial charge in [-0.05, 0) is 31.6 Å². The van der Waals surface area contributed by atoms with Crippen molar-refractivity contribution in [3.05, 3.63) is 48.2 Å². The average molecular weight is 201 g/mol. The summed E-state index contributed by atoms with van der Waals surface area (Å²) in [4.78, 5) is 11.4. The molecule has 2 heteroatoms. The normalized spacial score (nSPS) is 9.13. The lowest BCUT2D eigenvalue weighted by atomic mass is 10.2. The Balaban J connectivity index is 2.44. The Labute approximate surface area is 90.3 Å². The van der Waals surface area contributed by atoms with Gasteiger partial charge in [-0.3, -0.25) is 4.79 Å². The van der Waals surface area contributed by atoms with Crippen molar-refractivity contribution in [2.24, 2.45) is 0 Å². The minimum atomic E-state index is 0.0188. The Morgan fingerprint density at radius 2 is 2.13 bits per heavy atom. The molecule has 0 aromatic heterocycles. The lowest BCUT2D eigenvalue weighted by Gasteiger charge is -2.03. The summed E-state index contributed by atoms with van der Waals surface area (Å²) in [6, 6.07) is 7.74. The van der Waals surface area contributed by atoms with Crippen LogP contribution in [0.4, 0.5) is 5.69 Å². The second kappa shape index (κ2) is 5.84. The molecule has 1 amide bonds. The van der Waals surface area contributed by atoms with E-state index in [1.54, 1.807) is 6.08 Å². The van der Waals surface area contributed by atoms with Gasteiger partial charge in [-0.25, -0.2) is 0 Å². The molecule has 15 heavy (non-hydrogen) atoms. The lowest BCUT2D eigenvalue weighted by molar-refractivity contribution is -0.116. The Bertz CT molecular complexity index is 372. The molecule has 1 aromatic rings. The van der Waals surface area contributed by atoms with Gasteiger partial charge in [0.25, 0.3) is 0 Å². The molecule has 1 N–H and O–H groups in total. The first-order valence-electron chi connectivity index (χ1n) is 4.93. The first-order valence-corrected chi connectivity index (χ1v) is 4.93.